The highest BCUT2D eigenvalue weighted by molar-refractivity contribution is 7.09. The number of nitrogens with one attached hydrogen (secondary N) is 1. The number of hydrogen-bond donors (Lipinski definition) is 1. The van der Waals surface area contributed by atoms with Gasteiger partial charge in [-0.05, 0) is 37.6 Å². The van der Waals surface area contributed by atoms with Crippen LogP contribution in [0.1, 0.15) is 46.6 Å². The molecule has 34 heavy (non-hydrogen) atoms. The summed E-state index contributed by atoms with van der Waals surface area (Å²) in [5.41, 5.74) is 0.732. The summed E-state index contributed by atoms with van der Waals surface area (Å²) in [4.78, 5) is 48.2. The van der Waals surface area contributed by atoms with Gasteiger partial charge in [0.1, 0.15) is 24.8 Å². The molecule has 0 unspecified atom stereocenters. The Labute approximate surface area is 198 Å². The first-order chi connectivity index (χ1) is 16.4. The summed E-state index contributed by atoms with van der Waals surface area (Å²) in [6.07, 6.45) is 1.66. The molecule has 0 aliphatic rings. The van der Waals surface area contributed by atoms with Crippen LogP contribution < -0.4 is 16.0 Å². The molecule has 11 heteroatoms. The number of aromatic amines is 1. The van der Waals surface area contributed by atoms with Crippen molar-refractivity contribution in [3.05, 3.63) is 72.6 Å². The third-order valence-corrected chi connectivity index (χ3v) is 6.14. The van der Waals surface area contributed by atoms with E-state index in [1.165, 1.54) is 4.57 Å². The van der Waals surface area contributed by atoms with Gasteiger partial charge >= 0.3 is 11.7 Å². The molecule has 1 aromatic carbocycles. The molecule has 10 nitrogen and oxygen atoms in total. The van der Waals surface area contributed by atoms with E-state index in [4.69, 9.17) is 9.47 Å². The van der Waals surface area contributed by atoms with Crippen LogP contribution in [0.4, 0.5) is 0 Å². The molecule has 3 aromatic heterocycles. The Balaban J connectivity index is 1.44. The maximum absolute atomic E-state index is 12.5. The van der Waals surface area contributed by atoms with Gasteiger partial charge in [-0.2, -0.15) is 0 Å². The van der Waals surface area contributed by atoms with Crippen molar-refractivity contribution in [1.82, 2.24) is 24.1 Å². The maximum Gasteiger partial charge on any atom is 0.338 e. The number of carbonyl (C=O) groups excluding carboxylic acids is 1. The van der Waals surface area contributed by atoms with Crippen molar-refractivity contribution in [3.63, 3.8) is 0 Å². The van der Waals surface area contributed by atoms with Gasteiger partial charge in [-0.15, -0.1) is 11.3 Å². The number of thiazole rings is 1. The molecule has 0 fully saturated rings. The van der Waals surface area contributed by atoms with Crippen molar-refractivity contribution in [3.8, 4) is 5.75 Å². The van der Waals surface area contributed by atoms with E-state index in [1.54, 1.807) is 47.2 Å². The first-order valence-electron chi connectivity index (χ1n) is 10.9. The lowest BCUT2D eigenvalue weighted by Gasteiger charge is -2.07. The summed E-state index contributed by atoms with van der Waals surface area (Å²) < 4.78 is 14.1. The molecule has 178 valence electrons. The summed E-state index contributed by atoms with van der Waals surface area (Å²) in [5.74, 6) is 0.441. The van der Waals surface area contributed by atoms with Crippen molar-refractivity contribution in [2.75, 3.05) is 0 Å². The molecule has 3 heterocycles. The summed E-state index contributed by atoms with van der Waals surface area (Å²) in [6.45, 7) is 4.59. The second-order valence-corrected chi connectivity index (χ2v) is 8.83. The highest BCUT2D eigenvalue weighted by Gasteiger charge is 2.18. The zero-order valence-electron chi connectivity index (χ0n) is 19.2. The molecule has 0 saturated carbocycles. The Kier molecular flexibility index (Phi) is 6.92. The van der Waals surface area contributed by atoms with Crippen LogP contribution in [0.5, 0.6) is 5.75 Å². The molecule has 0 atom stereocenters. The lowest BCUT2D eigenvalue weighted by Crippen LogP contribution is -2.31. The van der Waals surface area contributed by atoms with Gasteiger partial charge < -0.3 is 14.0 Å². The fourth-order valence-electron chi connectivity index (χ4n) is 3.48. The Morgan fingerprint density at radius 1 is 1.15 bits per heavy atom. The molecule has 4 rings (SSSR count). The average Bonchev–Trinajstić information content (AvgIpc) is 3.39. The number of nitrogens with zero attached hydrogens (tertiary/aromatic N) is 4. The highest BCUT2D eigenvalue weighted by atomic mass is 32.1. The molecule has 0 radical (unpaired) electrons. The van der Waals surface area contributed by atoms with Crippen LogP contribution in [-0.4, -0.2) is 30.1 Å². The third kappa shape index (κ3) is 4.93. The molecule has 0 saturated heterocycles. The minimum Gasteiger partial charge on any atom is -0.487 e. The second-order valence-electron chi connectivity index (χ2n) is 7.77. The fraction of sp³-hybridized carbons (Fsp3) is 0.348. The molecule has 0 aliphatic carbocycles. The summed E-state index contributed by atoms with van der Waals surface area (Å²) in [5, 5.41) is 2.92. The third-order valence-electron chi connectivity index (χ3n) is 5.32. The summed E-state index contributed by atoms with van der Waals surface area (Å²) in [7, 11) is 1.65. The topological polar surface area (TPSA) is 121 Å². The van der Waals surface area contributed by atoms with E-state index in [0.717, 1.165) is 23.5 Å². The van der Waals surface area contributed by atoms with Crippen molar-refractivity contribution >= 4 is 28.5 Å². The van der Waals surface area contributed by atoms with Crippen LogP contribution >= 0.6 is 11.3 Å². The Morgan fingerprint density at radius 2 is 1.91 bits per heavy atom. The first kappa shape index (κ1) is 23.4. The molecule has 4 aromatic rings. The largest absolute Gasteiger partial charge is 0.487 e. The van der Waals surface area contributed by atoms with Gasteiger partial charge in [-0.25, -0.2) is 19.6 Å². The van der Waals surface area contributed by atoms with E-state index in [-0.39, 0.29) is 17.8 Å². The second kappa shape index (κ2) is 10.0. The molecule has 0 bridgehead atoms. The number of carbonyl (C=O) groups is 1. The number of ether oxygens (including phenoxy) is 2. The number of H-pyrrole nitrogens is 1. The molecular weight excluding hydrogens is 458 g/mol. The van der Waals surface area contributed by atoms with E-state index >= 15 is 0 Å². The lowest BCUT2D eigenvalue weighted by molar-refractivity contribution is 0.0459. The molecule has 0 amide bonds. The zero-order valence-corrected chi connectivity index (χ0v) is 20.0. The van der Waals surface area contributed by atoms with Gasteiger partial charge in [0.2, 0.25) is 0 Å². The predicted octanol–water partition coefficient (Wildman–Crippen LogP) is 2.92. The SMILES string of the molecule is CCCCn1c(=O)[nH]c(=O)c2c1nc(COC(=O)c1ccc(OCc3csc(C)n3)cc1)n2C. The Morgan fingerprint density at radius 3 is 2.59 bits per heavy atom. The number of rotatable bonds is 9. The van der Waals surface area contributed by atoms with E-state index in [2.05, 4.69) is 15.0 Å². The van der Waals surface area contributed by atoms with Gasteiger partial charge in [0.25, 0.3) is 5.56 Å². The predicted molar refractivity (Wildman–Crippen MR) is 127 cm³/mol. The number of aromatic nitrogens is 5. The lowest BCUT2D eigenvalue weighted by atomic mass is 10.2. The Hall–Kier alpha value is -3.73. The van der Waals surface area contributed by atoms with Crippen LogP contribution in [-0.2, 0) is 31.5 Å². The van der Waals surface area contributed by atoms with E-state index in [0.29, 0.717) is 30.3 Å². The molecule has 0 aliphatic heterocycles. The van der Waals surface area contributed by atoms with Crippen LogP contribution in [0.3, 0.4) is 0 Å². The number of hydrogen-bond acceptors (Lipinski definition) is 8. The minimum absolute atomic E-state index is 0.146. The number of aryl methyl sites for hydroxylation is 3. The van der Waals surface area contributed by atoms with Crippen molar-refractivity contribution in [1.29, 1.82) is 0 Å². The number of esters is 1. The fourth-order valence-corrected chi connectivity index (χ4v) is 4.07. The molecular formula is C23H25N5O5S. The zero-order chi connectivity index (χ0) is 24.2. The highest BCUT2D eigenvalue weighted by Crippen LogP contribution is 2.17. The van der Waals surface area contributed by atoms with Crippen LogP contribution in [0.2, 0.25) is 0 Å². The van der Waals surface area contributed by atoms with E-state index < -0.39 is 17.2 Å². The molecule has 0 spiro atoms. The minimum atomic E-state index is -0.536. The monoisotopic (exact) mass is 483 g/mol. The quantitative estimate of drug-likeness (QED) is 0.363. The maximum atomic E-state index is 12.5. The van der Waals surface area contributed by atoms with Crippen LogP contribution in [0, 0.1) is 6.92 Å². The van der Waals surface area contributed by atoms with Gasteiger partial charge in [-0.1, -0.05) is 13.3 Å². The summed E-state index contributed by atoms with van der Waals surface area (Å²) >= 11 is 1.56. The van der Waals surface area contributed by atoms with Crippen molar-refractivity contribution in [2.45, 2.75) is 46.4 Å². The first-order valence-corrected chi connectivity index (χ1v) is 11.7. The number of imidazole rings is 1. The average molecular weight is 484 g/mol. The number of unbranched alkanes of at least 4 members (excludes halogenated alkanes) is 1. The smallest absolute Gasteiger partial charge is 0.338 e. The number of benzene rings is 1. The van der Waals surface area contributed by atoms with Crippen molar-refractivity contribution in [2.24, 2.45) is 7.05 Å². The van der Waals surface area contributed by atoms with E-state index in [1.807, 2.05) is 19.2 Å². The summed E-state index contributed by atoms with van der Waals surface area (Å²) in [6, 6.07) is 6.62. The van der Waals surface area contributed by atoms with Gasteiger partial charge in [0.15, 0.2) is 11.2 Å². The van der Waals surface area contributed by atoms with Crippen LogP contribution in [0.15, 0.2) is 39.2 Å². The van der Waals surface area contributed by atoms with Gasteiger partial charge in [-0.3, -0.25) is 14.3 Å². The Bertz CT molecular complexity index is 1430. The van der Waals surface area contributed by atoms with Gasteiger partial charge in [0.05, 0.1) is 16.3 Å². The van der Waals surface area contributed by atoms with Crippen LogP contribution in [0.25, 0.3) is 11.2 Å². The van der Waals surface area contributed by atoms with E-state index in [9.17, 15) is 14.4 Å². The van der Waals surface area contributed by atoms with Gasteiger partial charge in [0, 0.05) is 19.0 Å². The van der Waals surface area contributed by atoms with Crippen molar-refractivity contribution < 1.29 is 14.3 Å². The normalized spacial score (nSPS) is 11.1. The standard InChI is InChI=1S/C23H25N5O5S/c1-4-5-10-28-20-19(21(29)26-23(28)31)27(3)18(25-20)12-33-22(30)15-6-8-17(9-7-15)32-11-16-13-34-14(2)24-16/h6-9,13H,4-5,10-12H2,1-3H3,(H,26,29,31). The number of fused-ring (bicyclic) bond motifs is 1. The molecule has 1 N–H and O–H groups in total.